The molecule has 1 aliphatic rings. The number of benzene rings is 1. The Hall–Kier alpha value is -0.430. The molecule has 20 heavy (non-hydrogen) atoms. The summed E-state index contributed by atoms with van der Waals surface area (Å²) in [4.78, 5) is 0.326. The minimum Gasteiger partial charge on any atom is -0.380 e. The van der Waals surface area contributed by atoms with Gasteiger partial charge in [-0.15, -0.1) is 0 Å². The zero-order valence-electron chi connectivity index (χ0n) is 12.0. The van der Waals surface area contributed by atoms with E-state index >= 15 is 0 Å². The standard InChI is InChI=1S/C14H20BrNO3S/c1-10-4-5-14(12(15)8-10)20(17,18)16-7-6-11(2)13(9-16)19-3/h4-5,8,11,13H,6-7,9H2,1-3H3. The number of rotatable bonds is 3. The van der Waals surface area contributed by atoms with Crippen molar-refractivity contribution in [2.24, 2.45) is 5.92 Å². The molecule has 1 fully saturated rings. The number of hydrogen-bond acceptors (Lipinski definition) is 3. The molecule has 2 atom stereocenters. The number of ether oxygens (including phenoxy) is 1. The highest BCUT2D eigenvalue weighted by molar-refractivity contribution is 9.10. The molecule has 2 rings (SSSR count). The second-order valence-corrected chi connectivity index (χ2v) is 8.10. The normalized spacial score (nSPS) is 24.8. The molecule has 0 spiro atoms. The van der Waals surface area contributed by atoms with Crippen LogP contribution < -0.4 is 0 Å². The molecular weight excluding hydrogens is 342 g/mol. The van der Waals surface area contributed by atoms with E-state index in [4.69, 9.17) is 4.74 Å². The lowest BCUT2D eigenvalue weighted by Crippen LogP contribution is -2.46. The summed E-state index contributed by atoms with van der Waals surface area (Å²) in [5, 5.41) is 0. The topological polar surface area (TPSA) is 46.6 Å². The van der Waals surface area contributed by atoms with Crippen molar-refractivity contribution in [2.45, 2.75) is 31.3 Å². The first-order chi connectivity index (χ1) is 9.36. The molecular formula is C14H20BrNO3S. The van der Waals surface area contributed by atoms with E-state index in [1.165, 1.54) is 4.31 Å². The maximum absolute atomic E-state index is 12.7. The summed E-state index contributed by atoms with van der Waals surface area (Å²) in [6.45, 7) is 4.99. The SMILES string of the molecule is COC1CN(S(=O)(=O)c2ccc(C)cc2Br)CCC1C. The molecule has 0 saturated carbocycles. The van der Waals surface area contributed by atoms with Crippen LogP contribution in [0.25, 0.3) is 0 Å². The number of sulfonamides is 1. The molecule has 4 nitrogen and oxygen atoms in total. The maximum Gasteiger partial charge on any atom is 0.244 e. The van der Waals surface area contributed by atoms with Crippen molar-refractivity contribution in [1.29, 1.82) is 0 Å². The van der Waals surface area contributed by atoms with Crippen LogP contribution >= 0.6 is 15.9 Å². The Bertz CT molecular complexity index is 588. The fourth-order valence-corrected chi connectivity index (χ4v) is 5.10. The van der Waals surface area contributed by atoms with Gasteiger partial charge in [-0.1, -0.05) is 13.0 Å². The zero-order chi connectivity index (χ0) is 14.9. The van der Waals surface area contributed by atoms with E-state index in [-0.39, 0.29) is 6.10 Å². The Morgan fingerprint density at radius 2 is 2.10 bits per heavy atom. The number of methoxy groups -OCH3 is 1. The fourth-order valence-electron chi connectivity index (χ4n) is 2.48. The molecule has 2 unspecified atom stereocenters. The van der Waals surface area contributed by atoms with Crippen molar-refractivity contribution >= 4 is 26.0 Å². The summed E-state index contributed by atoms with van der Waals surface area (Å²) >= 11 is 3.36. The first kappa shape index (κ1) is 15.9. The van der Waals surface area contributed by atoms with Crippen LogP contribution in [0.1, 0.15) is 18.9 Å². The first-order valence-electron chi connectivity index (χ1n) is 6.65. The highest BCUT2D eigenvalue weighted by atomic mass is 79.9. The quantitative estimate of drug-likeness (QED) is 0.831. The van der Waals surface area contributed by atoms with E-state index in [1.54, 1.807) is 13.2 Å². The molecule has 112 valence electrons. The molecule has 1 saturated heterocycles. The van der Waals surface area contributed by atoms with Gasteiger partial charge < -0.3 is 4.74 Å². The lowest BCUT2D eigenvalue weighted by atomic mass is 9.97. The second-order valence-electron chi connectivity index (χ2n) is 5.34. The number of aryl methyl sites for hydroxylation is 1. The van der Waals surface area contributed by atoms with Gasteiger partial charge in [0.1, 0.15) is 0 Å². The van der Waals surface area contributed by atoms with Crippen LogP contribution in [0.15, 0.2) is 27.6 Å². The van der Waals surface area contributed by atoms with Crippen LogP contribution in [0.2, 0.25) is 0 Å². The van der Waals surface area contributed by atoms with Gasteiger partial charge in [0.05, 0.1) is 11.0 Å². The largest absolute Gasteiger partial charge is 0.380 e. The average Bonchev–Trinajstić information content (AvgIpc) is 2.38. The Kier molecular flexibility index (Phi) is 4.89. The molecule has 1 heterocycles. The van der Waals surface area contributed by atoms with E-state index in [0.717, 1.165) is 12.0 Å². The zero-order valence-corrected chi connectivity index (χ0v) is 14.4. The van der Waals surface area contributed by atoms with E-state index in [1.807, 2.05) is 19.1 Å². The molecule has 6 heteroatoms. The minimum atomic E-state index is -3.47. The van der Waals surface area contributed by atoms with E-state index in [2.05, 4.69) is 22.9 Å². The van der Waals surface area contributed by atoms with E-state index in [9.17, 15) is 8.42 Å². The molecule has 1 aromatic rings. The predicted octanol–water partition coefficient (Wildman–Crippen LogP) is 2.80. The van der Waals surface area contributed by atoms with Gasteiger partial charge >= 0.3 is 0 Å². The fraction of sp³-hybridized carbons (Fsp3) is 0.571. The molecule has 0 amide bonds. The Labute approximate surface area is 129 Å². The van der Waals surface area contributed by atoms with Crippen molar-refractivity contribution in [1.82, 2.24) is 4.31 Å². The monoisotopic (exact) mass is 361 g/mol. The molecule has 0 aromatic heterocycles. The van der Waals surface area contributed by atoms with Crippen LogP contribution in [0.4, 0.5) is 0 Å². The molecule has 1 aromatic carbocycles. The second kappa shape index (κ2) is 6.13. The summed E-state index contributed by atoms with van der Waals surface area (Å²) < 4.78 is 33.0. The Balaban J connectivity index is 2.31. The Morgan fingerprint density at radius 1 is 1.40 bits per heavy atom. The van der Waals surface area contributed by atoms with E-state index < -0.39 is 10.0 Å². The van der Waals surface area contributed by atoms with Crippen molar-refractivity contribution in [3.63, 3.8) is 0 Å². The molecule has 0 bridgehead atoms. The van der Waals surface area contributed by atoms with Gasteiger partial charge in [0.15, 0.2) is 0 Å². The summed E-state index contributed by atoms with van der Waals surface area (Å²) in [5.41, 5.74) is 1.03. The molecule has 0 aliphatic carbocycles. The van der Waals surface area contributed by atoms with Crippen LogP contribution in [0.5, 0.6) is 0 Å². The molecule has 0 radical (unpaired) electrons. The van der Waals surface area contributed by atoms with Crippen molar-refractivity contribution in [3.05, 3.63) is 28.2 Å². The van der Waals surface area contributed by atoms with Crippen molar-refractivity contribution in [2.75, 3.05) is 20.2 Å². The maximum atomic E-state index is 12.7. The molecule has 1 aliphatic heterocycles. The van der Waals surface area contributed by atoms with Crippen molar-refractivity contribution < 1.29 is 13.2 Å². The average molecular weight is 362 g/mol. The summed E-state index contributed by atoms with van der Waals surface area (Å²) in [5.74, 6) is 0.382. The lowest BCUT2D eigenvalue weighted by molar-refractivity contribution is 0.0183. The summed E-state index contributed by atoms with van der Waals surface area (Å²) in [6, 6.07) is 5.31. The van der Waals surface area contributed by atoms with Gasteiger partial charge in [0.2, 0.25) is 10.0 Å². The van der Waals surface area contributed by atoms with Gasteiger partial charge in [-0.2, -0.15) is 4.31 Å². The summed E-state index contributed by atoms with van der Waals surface area (Å²) in [7, 11) is -1.83. The predicted molar refractivity (Wildman–Crippen MR) is 82.2 cm³/mol. The number of hydrogen-bond donors (Lipinski definition) is 0. The summed E-state index contributed by atoms with van der Waals surface area (Å²) in [6.07, 6.45) is 0.782. The Morgan fingerprint density at radius 3 is 2.70 bits per heavy atom. The third kappa shape index (κ3) is 3.08. The number of piperidine rings is 1. The highest BCUT2D eigenvalue weighted by Crippen LogP contribution is 2.29. The highest BCUT2D eigenvalue weighted by Gasteiger charge is 2.34. The van der Waals surface area contributed by atoms with Gasteiger partial charge in [0.25, 0.3) is 0 Å². The van der Waals surface area contributed by atoms with Crippen LogP contribution in [0, 0.1) is 12.8 Å². The number of halogens is 1. The third-order valence-electron chi connectivity index (χ3n) is 3.86. The van der Waals surface area contributed by atoms with Crippen molar-refractivity contribution in [3.8, 4) is 0 Å². The van der Waals surface area contributed by atoms with Crippen LogP contribution in [0.3, 0.4) is 0 Å². The van der Waals surface area contributed by atoms with E-state index in [0.29, 0.717) is 28.4 Å². The third-order valence-corrected chi connectivity index (χ3v) is 6.70. The van der Waals surface area contributed by atoms with Crippen LogP contribution in [-0.2, 0) is 14.8 Å². The minimum absolute atomic E-state index is 0.0391. The number of nitrogens with zero attached hydrogens (tertiary/aromatic N) is 1. The van der Waals surface area contributed by atoms with Crippen LogP contribution in [-0.4, -0.2) is 39.0 Å². The van der Waals surface area contributed by atoms with Gasteiger partial charge in [-0.05, 0) is 52.9 Å². The van der Waals surface area contributed by atoms with Gasteiger partial charge in [0, 0.05) is 24.7 Å². The smallest absolute Gasteiger partial charge is 0.244 e. The molecule has 0 N–H and O–H groups in total. The lowest BCUT2D eigenvalue weighted by Gasteiger charge is -2.35. The van der Waals surface area contributed by atoms with Gasteiger partial charge in [-0.25, -0.2) is 8.42 Å². The first-order valence-corrected chi connectivity index (χ1v) is 8.88. The van der Waals surface area contributed by atoms with Gasteiger partial charge in [-0.3, -0.25) is 0 Å².